The first-order chi connectivity index (χ1) is 36.5. The van der Waals surface area contributed by atoms with Gasteiger partial charge >= 0.3 is 22.3 Å². The highest BCUT2D eigenvalue weighted by Gasteiger charge is 2.33. The molecule has 3 aromatic carbocycles. The number of primary amides is 1. The molecule has 4 aromatic rings. The molecule has 0 aliphatic carbocycles. The molecule has 416 valence electrons. The summed E-state index contributed by atoms with van der Waals surface area (Å²) < 4.78 is 35.8. The van der Waals surface area contributed by atoms with Crippen LogP contribution < -0.4 is 47.1 Å². The number of hydrogen-bond acceptors (Lipinski definition) is 15. The summed E-state index contributed by atoms with van der Waals surface area (Å²) in [5.74, 6) is -9.65. The van der Waals surface area contributed by atoms with Crippen LogP contribution in [0.1, 0.15) is 48.8 Å². The summed E-state index contributed by atoms with van der Waals surface area (Å²) >= 11 is 2.63. The summed E-state index contributed by atoms with van der Waals surface area (Å²) in [7, 11) is -4.85. The lowest BCUT2D eigenvalue weighted by Gasteiger charge is -2.26. The quantitative estimate of drug-likeness (QED) is 0.0273. The van der Waals surface area contributed by atoms with E-state index in [0.717, 1.165) is 0 Å². The Morgan fingerprint density at radius 1 is 0.584 bits per heavy atom. The van der Waals surface area contributed by atoms with E-state index in [4.69, 9.17) is 15.4 Å². The van der Waals surface area contributed by atoms with Crippen LogP contribution in [0.15, 0.2) is 85.1 Å². The molecule has 0 aliphatic rings. The Hall–Kier alpha value is -7.69. The first-order valence-electron chi connectivity index (χ1n) is 23.7. The number of nitrogens with two attached hydrogens (primary N) is 1. The van der Waals surface area contributed by atoms with Crippen molar-refractivity contribution < 1.29 is 75.3 Å². The van der Waals surface area contributed by atoms with E-state index in [-0.39, 0.29) is 43.6 Å². The van der Waals surface area contributed by atoms with Crippen molar-refractivity contribution in [2.45, 2.75) is 87.6 Å². The van der Waals surface area contributed by atoms with Crippen molar-refractivity contribution in [2.75, 3.05) is 30.6 Å². The molecule has 0 radical (unpaired) electrons. The van der Waals surface area contributed by atoms with Gasteiger partial charge in [0.15, 0.2) is 0 Å². The van der Waals surface area contributed by atoms with Gasteiger partial charge in [0.1, 0.15) is 42.0 Å². The molecule has 0 saturated carbocycles. The first kappa shape index (κ1) is 61.9. The van der Waals surface area contributed by atoms with Crippen LogP contribution in [-0.4, -0.2) is 154 Å². The molecule has 0 aliphatic heterocycles. The molecule has 25 nitrogen and oxygen atoms in total. The second kappa shape index (κ2) is 30.8. The molecule has 0 spiro atoms. The van der Waals surface area contributed by atoms with Crippen LogP contribution in [0, 0.1) is 0 Å². The molecule has 0 fully saturated rings. The fourth-order valence-electron chi connectivity index (χ4n) is 7.55. The maximum Gasteiger partial charge on any atom is 0.446 e. The summed E-state index contributed by atoms with van der Waals surface area (Å²) in [6.07, 6.45) is 2.66. The molecule has 1 aromatic heterocycles. The predicted molar refractivity (Wildman–Crippen MR) is 283 cm³/mol. The molecule has 77 heavy (non-hydrogen) atoms. The zero-order chi connectivity index (χ0) is 56.7. The van der Waals surface area contributed by atoms with Crippen LogP contribution in [0.5, 0.6) is 5.75 Å². The topological polar surface area (TPSA) is 401 Å². The lowest BCUT2D eigenvalue weighted by molar-refractivity contribution is -0.141. The number of carboxylic acid groups (broad SMARTS) is 2. The number of hydrogen-bond donors (Lipinski definition) is 12. The Balaban J connectivity index is 1.53. The van der Waals surface area contributed by atoms with Gasteiger partial charge in [-0.05, 0) is 71.7 Å². The van der Waals surface area contributed by atoms with Gasteiger partial charge in [0, 0.05) is 42.8 Å². The summed E-state index contributed by atoms with van der Waals surface area (Å²) in [6.45, 7) is -0.742. The third-order valence-electron chi connectivity index (χ3n) is 11.4. The third kappa shape index (κ3) is 21.8. The second-order valence-electron chi connectivity index (χ2n) is 17.3. The molecular weight excluding hydrogens is 1070 g/mol. The van der Waals surface area contributed by atoms with Crippen molar-refractivity contribution in [1.82, 2.24) is 42.2 Å². The number of nitrogens with one attached hydrogen (secondary N) is 8. The highest BCUT2D eigenvalue weighted by molar-refractivity contribution is 7.98. The Bertz CT molecular complexity index is 2840. The standard InChI is InChI=1S/C49H61N9O16S3/c1-75-20-18-34(55-47(68)37(53-40(59)16-17-42(61)62)23-29-12-14-31(15-13-29)74-77(71,72)73)45(66)52-27-41(60)54-38(24-30-26-51-33-11-7-6-10-32(30)33)48(69)56-35(19-21-76-2)46(67)58-39(25-43(63)64)49(70)57-36(44(50)65)22-28-8-4-3-5-9-28/h3-15,26,34-39,51H,16-25,27H2,1-2H3,(H2,50,65)(H,52,66)(H,53,59)(H,54,60)(H,55,68)(H,56,69)(H,57,70)(H,58,67)(H,61,62)(H,63,64)(H,71,72,73)/t34-,35-,36-,37-,38-,39-/m0/s1. The van der Waals surface area contributed by atoms with Gasteiger partial charge in [-0.15, -0.1) is 0 Å². The number of aromatic nitrogens is 1. The van der Waals surface area contributed by atoms with Gasteiger partial charge in [-0.3, -0.25) is 52.5 Å². The third-order valence-corrected chi connectivity index (χ3v) is 13.1. The van der Waals surface area contributed by atoms with Gasteiger partial charge < -0.3 is 62.3 Å². The monoisotopic (exact) mass is 1130 g/mol. The van der Waals surface area contributed by atoms with Gasteiger partial charge in [0.2, 0.25) is 47.3 Å². The lowest BCUT2D eigenvalue weighted by Crippen LogP contribution is -2.59. The maximum absolute atomic E-state index is 14.3. The van der Waals surface area contributed by atoms with Gasteiger partial charge in [0.05, 0.1) is 19.4 Å². The molecule has 8 amide bonds. The van der Waals surface area contributed by atoms with Gasteiger partial charge in [-0.25, -0.2) is 0 Å². The Morgan fingerprint density at radius 2 is 1.09 bits per heavy atom. The normalized spacial score (nSPS) is 13.5. The summed E-state index contributed by atoms with van der Waals surface area (Å²) in [5, 5.41) is 37.0. The molecule has 0 saturated heterocycles. The SMILES string of the molecule is CSCC[C@H](NC(=O)[C@H](Cc1ccc(OS(=O)(=O)O)cc1)NC(=O)CCC(=O)O)C(=O)NCC(=O)N[C@@H](Cc1c[nH]c2ccccc12)C(=O)N[C@@H](CCSC)C(=O)N[C@@H](CC(=O)O)C(=O)N[C@@H](Cc1ccccc1)C(N)=O. The van der Waals surface area contributed by atoms with Crippen LogP contribution in [0.4, 0.5) is 0 Å². The number of rotatable bonds is 33. The van der Waals surface area contributed by atoms with Crippen molar-refractivity contribution >= 4 is 104 Å². The molecule has 13 N–H and O–H groups in total. The molecule has 0 unspecified atom stereocenters. The molecular formula is C49H61N9O16S3. The van der Waals surface area contributed by atoms with Gasteiger partial charge in [-0.2, -0.15) is 31.9 Å². The van der Waals surface area contributed by atoms with Crippen LogP contribution in [0.3, 0.4) is 0 Å². The van der Waals surface area contributed by atoms with E-state index >= 15 is 0 Å². The number of fused-ring (bicyclic) bond motifs is 1. The minimum atomic E-state index is -4.85. The number of benzene rings is 3. The van der Waals surface area contributed by atoms with E-state index in [1.54, 1.807) is 73.3 Å². The minimum absolute atomic E-state index is 0.0151. The van der Waals surface area contributed by atoms with E-state index < -0.39 is 132 Å². The number of aromatic amines is 1. The van der Waals surface area contributed by atoms with Crippen molar-refractivity contribution in [3.8, 4) is 5.75 Å². The number of carbonyl (C=O) groups is 10. The second-order valence-corrected chi connectivity index (χ2v) is 20.3. The summed E-state index contributed by atoms with van der Waals surface area (Å²) in [5.41, 5.74) is 7.82. The molecule has 6 atom stereocenters. The molecule has 1 heterocycles. The van der Waals surface area contributed by atoms with Crippen LogP contribution in [0.25, 0.3) is 10.9 Å². The maximum atomic E-state index is 14.3. The summed E-state index contributed by atoms with van der Waals surface area (Å²) in [4.78, 5) is 135. The average Bonchev–Trinajstić information content (AvgIpc) is 3.79. The van der Waals surface area contributed by atoms with Crippen molar-refractivity contribution in [1.29, 1.82) is 0 Å². The Labute approximate surface area is 451 Å². The molecule has 4 rings (SSSR count). The van der Waals surface area contributed by atoms with E-state index in [9.17, 15) is 61.5 Å². The number of H-pyrrole nitrogens is 1. The predicted octanol–water partition coefficient (Wildman–Crippen LogP) is -0.267. The first-order valence-corrected chi connectivity index (χ1v) is 27.8. The number of aliphatic carboxylic acids is 2. The molecule has 28 heteroatoms. The van der Waals surface area contributed by atoms with Crippen molar-refractivity contribution in [3.63, 3.8) is 0 Å². The Morgan fingerprint density at radius 3 is 1.68 bits per heavy atom. The number of carboxylic acids is 2. The van der Waals surface area contributed by atoms with Crippen molar-refractivity contribution in [2.24, 2.45) is 5.73 Å². The average molecular weight is 1130 g/mol. The highest BCUT2D eigenvalue weighted by atomic mass is 32.3. The van der Waals surface area contributed by atoms with Crippen LogP contribution in [0.2, 0.25) is 0 Å². The Kier molecular flexibility index (Phi) is 24.7. The largest absolute Gasteiger partial charge is 0.481 e. The van der Waals surface area contributed by atoms with E-state index in [0.29, 0.717) is 33.3 Å². The van der Waals surface area contributed by atoms with E-state index in [1.807, 2.05) is 0 Å². The zero-order valence-electron chi connectivity index (χ0n) is 41.8. The number of para-hydroxylation sites is 1. The minimum Gasteiger partial charge on any atom is -0.481 e. The molecule has 0 bridgehead atoms. The van der Waals surface area contributed by atoms with E-state index in [2.05, 4.69) is 46.4 Å². The number of amides is 8. The number of carbonyl (C=O) groups excluding carboxylic acids is 8. The van der Waals surface area contributed by atoms with Gasteiger partial charge in [0.25, 0.3) is 0 Å². The highest BCUT2D eigenvalue weighted by Crippen LogP contribution is 2.20. The van der Waals surface area contributed by atoms with Crippen LogP contribution >= 0.6 is 23.5 Å². The fourth-order valence-corrected chi connectivity index (χ4v) is 8.85. The lowest BCUT2D eigenvalue weighted by atomic mass is 10.0. The smallest absolute Gasteiger partial charge is 0.446 e. The zero-order valence-corrected chi connectivity index (χ0v) is 44.2. The van der Waals surface area contributed by atoms with Gasteiger partial charge in [-0.1, -0.05) is 60.7 Å². The van der Waals surface area contributed by atoms with Crippen molar-refractivity contribution in [3.05, 3.63) is 102 Å². The fraction of sp³-hybridized carbons (Fsp3) is 0.388. The number of thioether (sulfide) groups is 2. The van der Waals surface area contributed by atoms with E-state index in [1.165, 1.54) is 47.8 Å². The summed E-state index contributed by atoms with van der Waals surface area (Å²) in [6, 6.07) is 12.1. The van der Waals surface area contributed by atoms with Crippen LogP contribution in [-0.2, 0) is 77.6 Å².